The Hall–Kier alpha value is -7.05. The van der Waals surface area contributed by atoms with Gasteiger partial charge >= 0.3 is 1.43 Å². The van der Waals surface area contributed by atoms with Gasteiger partial charge < -0.3 is 30.8 Å². The van der Waals surface area contributed by atoms with Crippen molar-refractivity contribution in [3.8, 4) is 34.6 Å². The SMILES string of the molecule is CCCCCCCCCCCCNCCO.Cc1nn(-c2ccccc2)c(O)c1N=Nc1ccc([N+](=O)[O-])cc1O.Cc1nn(-c2ccccc2)c(O)c1N=Nc1ccc([N+](=O)[O-])cc1O.[Cr].[H+]. The van der Waals surface area contributed by atoms with Crippen LogP contribution in [0.3, 0.4) is 0 Å². The van der Waals surface area contributed by atoms with E-state index in [0.717, 1.165) is 25.2 Å². The normalized spacial score (nSPS) is 10.9. The average molecular weight is 961 g/mol. The minimum Gasteiger partial charge on any atom is -0.505 e. The Kier molecular flexibility index (Phi) is 23.3. The van der Waals surface area contributed by atoms with Crippen LogP contribution in [-0.2, 0) is 17.4 Å². The summed E-state index contributed by atoms with van der Waals surface area (Å²) < 4.78 is 2.64. The van der Waals surface area contributed by atoms with Crippen molar-refractivity contribution in [1.29, 1.82) is 0 Å². The first-order valence-electron chi connectivity index (χ1n) is 21.6. The van der Waals surface area contributed by atoms with E-state index in [1.165, 1.54) is 97.8 Å². The second-order valence-corrected chi connectivity index (χ2v) is 14.9. The number of benzene rings is 4. The molecule has 21 heteroatoms. The van der Waals surface area contributed by atoms with Crippen molar-refractivity contribution in [1.82, 2.24) is 24.9 Å². The monoisotopic (exact) mass is 960 g/mol. The van der Waals surface area contributed by atoms with Gasteiger partial charge in [0.2, 0.25) is 11.8 Å². The molecule has 0 spiro atoms. The molecule has 0 unspecified atom stereocenters. The van der Waals surface area contributed by atoms with Crippen LogP contribution in [0.15, 0.2) is 118 Å². The van der Waals surface area contributed by atoms with Crippen LogP contribution in [0.4, 0.5) is 34.1 Å². The molecule has 0 fully saturated rings. The van der Waals surface area contributed by atoms with Gasteiger partial charge in [-0.25, -0.2) is 0 Å². The third kappa shape index (κ3) is 17.0. The fourth-order valence-corrected chi connectivity index (χ4v) is 6.32. The van der Waals surface area contributed by atoms with Crippen molar-refractivity contribution in [3.63, 3.8) is 0 Å². The fraction of sp³-hybridized carbons (Fsp3) is 0.348. The van der Waals surface area contributed by atoms with Crippen LogP contribution in [0.25, 0.3) is 11.4 Å². The molecular formula is C46H58CrN11O9+. The number of phenols is 2. The van der Waals surface area contributed by atoms with Gasteiger partial charge in [0.15, 0.2) is 11.4 Å². The number of aryl methyl sites for hydroxylation is 2. The summed E-state index contributed by atoms with van der Waals surface area (Å²) in [6.45, 7) is 7.66. The molecule has 6 aromatic rings. The Morgan fingerprint density at radius 1 is 0.582 bits per heavy atom. The molecule has 0 bridgehead atoms. The van der Waals surface area contributed by atoms with Crippen LogP contribution in [0.2, 0.25) is 0 Å². The molecule has 0 aliphatic heterocycles. The number of para-hydroxylation sites is 2. The van der Waals surface area contributed by atoms with Crippen LogP contribution in [0.1, 0.15) is 83.9 Å². The van der Waals surface area contributed by atoms with Gasteiger partial charge in [0.25, 0.3) is 11.4 Å². The number of hydrogen-bond acceptors (Lipinski definition) is 16. The van der Waals surface area contributed by atoms with Crippen molar-refractivity contribution in [2.24, 2.45) is 20.5 Å². The number of aliphatic hydroxyl groups excluding tert-OH is 1. The standard InChI is InChI=1S/2C16H13N5O4.C14H31NO.Cr/c2*1-10-15(16(23)20(19-10)11-5-3-2-4-6-11)18-17-13-8-7-12(21(24)25)9-14(13)22;1-2-3-4-5-6-7-8-9-10-11-12-15-13-14-16;/h2*2-9,22-23H,1H3;15-16H,2-14H2,1H3;/p+1. The first-order chi connectivity index (χ1) is 31.9. The first kappa shape index (κ1) is 54.3. The molecule has 0 radical (unpaired) electrons. The maximum absolute atomic E-state index is 10.7. The van der Waals surface area contributed by atoms with Crippen molar-refractivity contribution in [3.05, 3.63) is 129 Å². The number of nitro groups is 2. The largest absolute Gasteiger partial charge is 1.00 e. The number of nitrogens with zero attached hydrogens (tertiary/aromatic N) is 10. The van der Waals surface area contributed by atoms with Crippen molar-refractivity contribution >= 4 is 34.1 Å². The van der Waals surface area contributed by atoms with Gasteiger partial charge in [-0.2, -0.15) is 19.6 Å². The molecular weight excluding hydrogens is 903 g/mol. The van der Waals surface area contributed by atoms with Crippen molar-refractivity contribution < 1.29 is 54.2 Å². The Morgan fingerprint density at radius 2 is 0.970 bits per heavy atom. The quantitative estimate of drug-likeness (QED) is 0.0170. The molecule has 0 aliphatic carbocycles. The molecule has 2 aromatic heterocycles. The summed E-state index contributed by atoms with van der Waals surface area (Å²) in [5.41, 5.74) is 2.03. The van der Waals surface area contributed by atoms with Gasteiger partial charge in [0.05, 0.1) is 51.3 Å². The van der Waals surface area contributed by atoms with Crippen LogP contribution in [0, 0.1) is 34.1 Å². The number of rotatable bonds is 21. The van der Waals surface area contributed by atoms with E-state index < -0.39 is 9.85 Å². The number of nitro benzene ring substituents is 2. The molecule has 356 valence electrons. The molecule has 0 amide bonds. The van der Waals surface area contributed by atoms with Crippen molar-refractivity contribution in [2.45, 2.75) is 85.0 Å². The Balaban J connectivity index is 0.000000355. The third-order valence-corrected chi connectivity index (χ3v) is 9.86. The molecule has 2 heterocycles. The Morgan fingerprint density at radius 3 is 1.33 bits per heavy atom. The molecule has 0 atom stereocenters. The van der Waals surface area contributed by atoms with E-state index in [1.807, 2.05) is 36.4 Å². The third-order valence-electron chi connectivity index (χ3n) is 9.86. The zero-order valence-corrected chi connectivity index (χ0v) is 39.0. The van der Waals surface area contributed by atoms with Crippen LogP contribution < -0.4 is 5.32 Å². The molecule has 4 aromatic carbocycles. The predicted molar refractivity (Wildman–Crippen MR) is 251 cm³/mol. The minimum absolute atomic E-state index is 0. The maximum Gasteiger partial charge on any atom is 1.00 e. The van der Waals surface area contributed by atoms with E-state index in [0.29, 0.717) is 22.8 Å². The van der Waals surface area contributed by atoms with Gasteiger partial charge in [-0.1, -0.05) is 101 Å². The summed E-state index contributed by atoms with van der Waals surface area (Å²) in [6, 6.07) is 24.9. The molecule has 0 saturated heterocycles. The molecule has 20 nitrogen and oxygen atoms in total. The summed E-state index contributed by atoms with van der Waals surface area (Å²) in [4.78, 5) is 20.1. The number of nitrogens with one attached hydrogen (secondary N) is 1. The van der Waals surface area contributed by atoms with Crippen molar-refractivity contribution in [2.75, 3.05) is 19.7 Å². The second-order valence-electron chi connectivity index (χ2n) is 14.9. The number of aromatic nitrogens is 4. The van der Waals surface area contributed by atoms with E-state index in [9.17, 15) is 40.7 Å². The van der Waals surface area contributed by atoms with Gasteiger partial charge in [0, 0.05) is 36.0 Å². The summed E-state index contributed by atoms with van der Waals surface area (Å²) in [7, 11) is 0. The van der Waals surface area contributed by atoms with Gasteiger partial charge in [-0.15, -0.1) is 20.5 Å². The van der Waals surface area contributed by atoms with Crippen LogP contribution in [0.5, 0.6) is 23.3 Å². The smallest absolute Gasteiger partial charge is 0.505 e. The number of hydrogen-bond donors (Lipinski definition) is 6. The molecule has 6 N–H and O–H groups in total. The van der Waals surface area contributed by atoms with E-state index >= 15 is 0 Å². The average Bonchev–Trinajstić information content (AvgIpc) is 3.77. The zero-order chi connectivity index (χ0) is 47.8. The number of aliphatic hydroxyl groups is 1. The minimum atomic E-state index is -0.624. The van der Waals surface area contributed by atoms with E-state index in [4.69, 9.17) is 5.11 Å². The summed E-state index contributed by atoms with van der Waals surface area (Å²) >= 11 is 0. The number of phenolic OH excluding ortho intramolecular Hbond substituents is 2. The number of aromatic hydroxyl groups is 4. The van der Waals surface area contributed by atoms with E-state index in [1.54, 1.807) is 38.1 Å². The van der Waals surface area contributed by atoms with Crippen LogP contribution >= 0.6 is 0 Å². The van der Waals surface area contributed by atoms with E-state index in [-0.39, 0.29) is 82.8 Å². The van der Waals surface area contributed by atoms with Gasteiger partial charge in [0.1, 0.15) is 22.9 Å². The fourth-order valence-electron chi connectivity index (χ4n) is 6.32. The molecule has 6 rings (SSSR count). The molecule has 0 aliphatic rings. The summed E-state index contributed by atoms with van der Waals surface area (Å²) in [5, 5.41) is 97.3. The van der Waals surface area contributed by atoms with Gasteiger partial charge in [-0.05, 0) is 63.2 Å². The molecule has 0 saturated carbocycles. The summed E-state index contributed by atoms with van der Waals surface area (Å²) in [6.07, 6.45) is 13.9. The maximum atomic E-state index is 10.7. The number of azo groups is 2. The zero-order valence-electron chi connectivity index (χ0n) is 38.7. The Labute approximate surface area is 400 Å². The predicted octanol–water partition coefficient (Wildman–Crippen LogP) is 11.4. The number of unbranched alkanes of at least 4 members (excludes halogenated alkanes) is 9. The second kappa shape index (κ2) is 28.8. The number of non-ortho nitro benzene ring substituents is 2. The van der Waals surface area contributed by atoms with Gasteiger partial charge in [-0.3, -0.25) is 20.2 Å². The topological polar surface area (TPSA) is 285 Å². The van der Waals surface area contributed by atoms with E-state index in [2.05, 4.69) is 42.9 Å². The van der Waals surface area contributed by atoms with Crippen LogP contribution in [-0.4, -0.2) is 74.6 Å². The first-order valence-corrected chi connectivity index (χ1v) is 21.6. The Bertz CT molecular complexity index is 2350. The summed E-state index contributed by atoms with van der Waals surface area (Å²) in [5.74, 6) is -1.17. The molecule has 67 heavy (non-hydrogen) atoms.